The van der Waals surface area contributed by atoms with Crippen LogP contribution in [0.25, 0.3) is 0 Å². The van der Waals surface area contributed by atoms with Crippen LogP contribution in [0.3, 0.4) is 0 Å². The van der Waals surface area contributed by atoms with Gasteiger partial charge in [-0.05, 0) is 12.5 Å². The molecule has 1 fully saturated rings. The predicted molar refractivity (Wildman–Crippen MR) is 78.3 cm³/mol. The van der Waals surface area contributed by atoms with Gasteiger partial charge in [-0.2, -0.15) is 0 Å². The van der Waals surface area contributed by atoms with Crippen LogP contribution in [0.5, 0.6) is 0 Å². The lowest BCUT2D eigenvalue weighted by Crippen LogP contribution is -2.54. The molecule has 0 saturated heterocycles. The molecule has 0 radical (unpaired) electrons. The van der Waals surface area contributed by atoms with Gasteiger partial charge in [0.2, 0.25) is 0 Å². The summed E-state index contributed by atoms with van der Waals surface area (Å²) in [7, 11) is 0. The molecule has 9 heteroatoms. The van der Waals surface area contributed by atoms with E-state index in [0.29, 0.717) is 0 Å². The normalized spacial score (nSPS) is 29.9. The first-order chi connectivity index (χ1) is 11.1. The molecule has 2 rings (SSSR count). The van der Waals surface area contributed by atoms with Crippen LogP contribution in [0.2, 0.25) is 0 Å². The van der Waals surface area contributed by atoms with Gasteiger partial charge >= 0.3 is 11.9 Å². The minimum atomic E-state index is -1.93. The van der Waals surface area contributed by atoms with Gasteiger partial charge in [0.25, 0.3) is 5.69 Å². The number of Topliss-reactive ketones (excluding diaryl/α,β-unsaturated/α-hetero) is 1. The van der Waals surface area contributed by atoms with Crippen LogP contribution in [-0.4, -0.2) is 43.6 Å². The lowest BCUT2D eigenvalue weighted by Gasteiger charge is -2.42. The zero-order chi connectivity index (χ0) is 18.2. The lowest BCUT2D eigenvalue weighted by molar-refractivity contribution is -0.384. The van der Waals surface area contributed by atoms with Crippen LogP contribution in [0.4, 0.5) is 5.69 Å². The number of carboxylic acids is 2. The highest BCUT2D eigenvalue weighted by Crippen LogP contribution is 2.46. The maximum Gasteiger partial charge on any atom is 0.314 e. The SMILES string of the molecule is CC1(O)CC(=O)C(C(=O)O)C(c2ccc([N+](=O)[O-])cc2)C1C(=O)O. The van der Waals surface area contributed by atoms with Crippen LogP contribution in [0, 0.1) is 22.0 Å². The molecule has 0 aliphatic heterocycles. The number of nitro benzene ring substituents is 1. The van der Waals surface area contributed by atoms with Gasteiger partial charge < -0.3 is 15.3 Å². The minimum absolute atomic E-state index is 0.133. The number of benzene rings is 1. The lowest BCUT2D eigenvalue weighted by atomic mass is 9.62. The zero-order valence-electron chi connectivity index (χ0n) is 12.6. The molecular formula is C15H15NO8. The first-order valence-electron chi connectivity index (χ1n) is 7.01. The Bertz CT molecular complexity index is 709. The summed E-state index contributed by atoms with van der Waals surface area (Å²) in [6.07, 6.45) is -0.593. The number of ketones is 1. The largest absolute Gasteiger partial charge is 0.481 e. The van der Waals surface area contributed by atoms with Gasteiger partial charge in [0.05, 0.1) is 16.4 Å². The summed E-state index contributed by atoms with van der Waals surface area (Å²) in [5, 5.41) is 39.9. The van der Waals surface area contributed by atoms with Gasteiger partial charge in [0, 0.05) is 24.5 Å². The smallest absolute Gasteiger partial charge is 0.314 e. The number of carbonyl (C=O) groups is 3. The number of aliphatic carboxylic acids is 2. The molecule has 0 spiro atoms. The molecule has 1 saturated carbocycles. The molecule has 128 valence electrons. The van der Waals surface area contributed by atoms with E-state index in [1.165, 1.54) is 19.1 Å². The number of nitrogens with zero attached hydrogens (tertiary/aromatic N) is 1. The Kier molecular flexibility index (Phi) is 4.39. The second-order valence-corrected chi connectivity index (χ2v) is 6.01. The van der Waals surface area contributed by atoms with E-state index in [1.807, 2.05) is 0 Å². The summed E-state index contributed by atoms with van der Waals surface area (Å²) in [5.41, 5.74) is -2.05. The number of hydrogen-bond acceptors (Lipinski definition) is 6. The van der Waals surface area contributed by atoms with Crippen molar-refractivity contribution in [2.24, 2.45) is 11.8 Å². The van der Waals surface area contributed by atoms with E-state index >= 15 is 0 Å². The summed E-state index contributed by atoms with van der Waals surface area (Å²) < 4.78 is 0. The van der Waals surface area contributed by atoms with Gasteiger partial charge in [0.1, 0.15) is 5.92 Å². The van der Waals surface area contributed by atoms with E-state index < -0.39 is 52.4 Å². The maximum absolute atomic E-state index is 12.1. The minimum Gasteiger partial charge on any atom is -0.481 e. The quantitative estimate of drug-likeness (QED) is 0.414. The van der Waals surface area contributed by atoms with E-state index in [2.05, 4.69) is 0 Å². The summed E-state index contributed by atoms with van der Waals surface area (Å²) >= 11 is 0. The van der Waals surface area contributed by atoms with Crippen LogP contribution in [0.15, 0.2) is 24.3 Å². The molecule has 4 atom stereocenters. The van der Waals surface area contributed by atoms with E-state index in [-0.39, 0.29) is 11.3 Å². The molecule has 0 amide bonds. The Balaban J connectivity index is 2.60. The van der Waals surface area contributed by atoms with E-state index in [9.17, 15) is 39.8 Å². The number of aliphatic hydroxyl groups is 1. The van der Waals surface area contributed by atoms with Crippen molar-refractivity contribution in [2.45, 2.75) is 24.9 Å². The average molecular weight is 337 g/mol. The molecule has 0 bridgehead atoms. The van der Waals surface area contributed by atoms with Crippen LogP contribution in [-0.2, 0) is 14.4 Å². The van der Waals surface area contributed by atoms with E-state index in [1.54, 1.807) is 0 Å². The third-order valence-electron chi connectivity index (χ3n) is 4.29. The van der Waals surface area contributed by atoms with Gasteiger partial charge in [-0.1, -0.05) is 12.1 Å². The Morgan fingerprint density at radius 1 is 1.21 bits per heavy atom. The number of carboxylic acid groups (broad SMARTS) is 2. The Labute approximate surface area is 135 Å². The summed E-state index contributed by atoms with van der Waals surface area (Å²) in [5.74, 6) is -8.25. The van der Waals surface area contributed by atoms with Gasteiger partial charge in [0.15, 0.2) is 5.78 Å². The first-order valence-corrected chi connectivity index (χ1v) is 7.01. The summed E-state index contributed by atoms with van der Waals surface area (Å²) in [4.78, 5) is 45.3. The summed E-state index contributed by atoms with van der Waals surface area (Å²) in [6.45, 7) is 1.17. The van der Waals surface area contributed by atoms with Gasteiger partial charge in [-0.3, -0.25) is 24.5 Å². The maximum atomic E-state index is 12.1. The van der Waals surface area contributed by atoms with Crippen molar-refractivity contribution in [1.82, 2.24) is 0 Å². The first kappa shape index (κ1) is 17.5. The Morgan fingerprint density at radius 3 is 2.17 bits per heavy atom. The van der Waals surface area contributed by atoms with Crippen molar-refractivity contribution < 1.29 is 34.6 Å². The molecule has 1 aromatic carbocycles. The number of non-ortho nitro benzene ring substituents is 1. The molecule has 1 aromatic rings. The standard InChI is InChI=1S/C15H15NO8/c1-15(22)6-9(17)11(13(18)19)10(12(15)14(20)21)7-2-4-8(5-3-7)16(23)24/h2-5,10-12,22H,6H2,1H3,(H,18,19)(H,20,21). The highest BCUT2D eigenvalue weighted by Gasteiger charge is 2.56. The van der Waals surface area contributed by atoms with Crippen molar-refractivity contribution >= 4 is 23.4 Å². The highest BCUT2D eigenvalue weighted by atomic mass is 16.6. The van der Waals surface area contributed by atoms with Crippen molar-refractivity contribution in [3.8, 4) is 0 Å². The number of rotatable bonds is 4. The fourth-order valence-corrected chi connectivity index (χ4v) is 3.27. The third kappa shape index (κ3) is 2.98. The predicted octanol–water partition coefficient (Wildman–Crippen LogP) is 0.804. The fraction of sp³-hybridized carbons (Fsp3) is 0.400. The van der Waals surface area contributed by atoms with Crippen molar-refractivity contribution in [1.29, 1.82) is 0 Å². The van der Waals surface area contributed by atoms with Crippen LogP contribution in [0.1, 0.15) is 24.8 Å². The molecule has 0 aromatic heterocycles. The molecule has 4 unspecified atom stereocenters. The van der Waals surface area contributed by atoms with Gasteiger partial charge in [-0.15, -0.1) is 0 Å². The van der Waals surface area contributed by atoms with Crippen molar-refractivity contribution in [3.05, 3.63) is 39.9 Å². The monoisotopic (exact) mass is 337 g/mol. The van der Waals surface area contributed by atoms with Crippen LogP contribution >= 0.6 is 0 Å². The number of carbonyl (C=O) groups excluding carboxylic acids is 1. The molecule has 1 aliphatic rings. The molecule has 3 N–H and O–H groups in total. The molecule has 24 heavy (non-hydrogen) atoms. The third-order valence-corrected chi connectivity index (χ3v) is 4.29. The van der Waals surface area contributed by atoms with E-state index in [0.717, 1.165) is 12.1 Å². The van der Waals surface area contributed by atoms with Crippen LogP contribution < -0.4 is 0 Å². The zero-order valence-corrected chi connectivity index (χ0v) is 12.6. The van der Waals surface area contributed by atoms with Gasteiger partial charge in [-0.25, -0.2) is 0 Å². The number of hydrogen-bond donors (Lipinski definition) is 3. The second kappa shape index (κ2) is 6.00. The Morgan fingerprint density at radius 2 is 1.75 bits per heavy atom. The fourth-order valence-electron chi connectivity index (χ4n) is 3.27. The topological polar surface area (TPSA) is 155 Å². The molecule has 0 heterocycles. The number of nitro groups is 1. The molecular weight excluding hydrogens is 322 g/mol. The molecule has 9 nitrogen and oxygen atoms in total. The summed E-state index contributed by atoms with van der Waals surface area (Å²) in [6, 6.07) is 4.62. The Hall–Kier alpha value is -2.81. The van der Waals surface area contributed by atoms with E-state index in [4.69, 9.17) is 0 Å². The average Bonchev–Trinajstić information content (AvgIpc) is 2.44. The second-order valence-electron chi connectivity index (χ2n) is 6.01. The highest BCUT2D eigenvalue weighted by molar-refractivity contribution is 6.02. The van der Waals surface area contributed by atoms with Crippen molar-refractivity contribution in [3.63, 3.8) is 0 Å². The molecule has 1 aliphatic carbocycles. The van der Waals surface area contributed by atoms with Crippen molar-refractivity contribution in [2.75, 3.05) is 0 Å².